The van der Waals surface area contributed by atoms with Gasteiger partial charge in [0.25, 0.3) is 0 Å². The lowest BCUT2D eigenvalue weighted by Gasteiger charge is -2.03. The summed E-state index contributed by atoms with van der Waals surface area (Å²) in [5.74, 6) is 0.111. The molecule has 0 spiro atoms. The Kier molecular flexibility index (Phi) is 3.12. The third-order valence-electron chi connectivity index (χ3n) is 2.61. The maximum absolute atomic E-state index is 11.9. The van der Waals surface area contributed by atoms with E-state index in [-0.39, 0.29) is 5.78 Å². The smallest absolute Gasteiger partial charge is 0.177 e. The second-order valence-corrected chi connectivity index (χ2v) is 4.60. The third-order valence-corrected chi connectivity index (χ3v) is 3.21. The zero-order valence-electron chi connectivity index (χ0n) is 9.25. The molecule has 1 heterocycles. The highest BCUT2D eigenvalue weighted by atomic mass is 79.9. The zero-order valence-corrected chi connectivity index (χ0v) is 10.8. The number of carbonyl (C=O) groups is 1. The van der Waals surface area contributed by atoms with E-state index in [4.69, 9.17) is 0 Å². The fourth-order valence-electron chi connectivity index (χ4n) is 1.88. The highest BCUT2D eigenvalue weighted by Gasteiger charge is 2.13. The van der Waals surface area contributed by atoms with Crippen LogP contribution in [0.2, 0.25) is 0 Å². The summed E-state index contributed by atoms with van der Waals surface area (Å²) in [7, 11) is 3.75. The number of nitrogens with zero attached hydrogens (tertiary/aromatic N) is 1. The quantitative estimate of drug-likeness (QED) is 0.876. The van der Waals surface area contributed by atoms with Crippen molar-refractivity contribution in [3.05, 3.63) is 34.4 Å². The van der Waals surface area contributed by atoms with Crippen LogP contribution in [0.15, 0.2) is 28.9 Å². The van der Waals surface area contributed by atoms with Crippen molar-refractivity contribution in [2.24, 2.45) is 7.05 Å². The number of hydrogen-bond donors (Lipinski definition) is 1. The number of rotatable bonds is 3. The molecular weight excluding hydrogens is 268 g/mol. The Morgan fingerprint density at radius 3 is 2.94 bits per heavy atom. The average Bonchev–Trinajstić information content (AvgIpc) is 2.55. The lowest BCUT2D eigenvalue weighted by molar-refractivity contribution is 0.0995. The first kappa shape index (κ1) is 11.4. The van der Waals surface area contributed by atoms with Crippen LogP contribution >= 0.6 is 15.9 Å². The Balaban J connectivity index is 2.66. The van der Waals surface area contributed by atoms with Gasteiger partial charge in [0.05, 0.1) is 6.54 Å². The van der Waals surface area contributed by atoms with E-state index in [9.17, 15) is 4.79 Å². The van der Waals surface area contributed by atoms with Gasteiger partial charge in [0.2, 0.25) is 0 Å². The fraction of sp³-hybridized carbons (Fsp3) is 0.250. The van der Waals surface area contributed by atoms with Crippen molar-refractivity contribution in [3.63, 3.8) is 0 Å². The SMILES string of the molecule is CNCC(=O)c1cccc2c1c(Br)cn2C. The number of likely N-dealkylation sites (N-methyl/N-ethyl adjacent to an activating group) is 1. The second-order valence-electron chi connectivity index (χ2n) is 3.74. The molecule has 1 aromatic heterocycles. The lowest BCUT2D eigenvalue weighted by atomic mass is 10.1. The van der Waals surface area contributed by atoms with Crippen molar-refractivity contribution in [2.75, 3.05) is 13.6 Å². The van der Waals surface area contributed by atoms with Crippen LogP contribution in [0.5, 0.6) is 0 Å². The van der Waals surface area contributed by atoms with E-state index in [0.29, 0.717) is 6.54 Å². The topological polar surface area (TPSA) is 34.0 Å². The van der Waals surface area contributed by atoms with Crippen LogP contribution in [0.3, 0.4) is 0 Å². The summed E-state index contributed by atoms with van der Waals surface area (Å²) >= 11 is 3.49. The largest absolute Gasteiger partial charge is 0.349 e. The van der Waals surface area contributed by atoms with Crippen molar-refractivity contribution in [1.29, 1.82) is 0 Å². The van der Waals surface area contributed by atoms with Crippen molar-refractivity contribution in [2.45, 2.75) is 0 Å². The third kappa shape index (κ3) is 1.79. The van der Waals surface area contributed by atoms with E-state index in [2.05, 4.69) is 21.2 Å². The summed E-state index contributed by atoms with van der Waals surface area (Å²) in [4.78, 5) is 11.9. The number of carbonyl (C=O) groups excluding carboxylic acids is 1. The monoisotopic (exact) mass is 280 g/mol. The van der Waals surface area contributed by atoms with Gasteiger partial charge in [-0.05, 0) is 29.0 Å². The van der Waals surface area contributed by atoms with E-state index < -0.39 is 0 Å². The summed E-state index contributed by atoms with van der Waals surface area (Å²) < 4.78 is 2.97. The number of hydrogen-bond acceptors (Lipinski definition) is 2. The molecule has 2 rings (SSSR count). The van der Waals surface area contributed by atoms with Gasteiger partial charge in [-0.1, -0.05) is 12.1 Å². The summed E-state index contributed by atoms with van der Waals surface area (Å²) in [6.07, 6.45) is 1.97. The van der Waals surface area contributed by atoms with E-state index in [1.165, 1.54) is 0 Å². The molecule has 0 saturated carbocycles. The molecule has 0 unspecified atom stereocenters. The van der Waals surface area contributed by atoms with Gasteiger partial charge < -0.3 is 9.88 Å². The van der Waals surface area contributed by atoms with Crippen molar-refractivity contribution >= 4 is 32.6 Å². The maximum atomic E-state index is 11.9. The molecule has 0 aliphatic heterocycles. The minimum absolute atomic E-state index is 0.111. The van der Waals surface area contributed by atoms with Crippen LogP contribution < -0.4 is 5.32 Å². The Hall–Kier alpha value is -1.13. The number of aryl methyl sites for hydroxylation is 1. The molecule has 0 fully saturated rings. The molecule has 1 aromatic carbocycles. The first-order chi connectivity index (χ1) is 7.65. The van der Waals surface area contributed by atoms with E-state index >= 15 is 0 Å². The van der Waals surface area contributed by atoms with Gasteiger partial charge in [0, 0.05) is 34.2 Å². The predicted molar refractivity (Wildman–Crippen MR) is 68.9 cm³/mol. The van der Waals surface area contributed by atoms with Crippen LogP contribution in [-0.4, -0.2) is 23.9 Å². The highest BCUT2D eigenvalue weighted by molar-refractivity contribution is 9.10. The normalized spacial score (nSPS) is 10.9. The summed E-state index contributed by atoms with van der Waals surface area (Å²) in [5, 5.41) is 3.88. The number of benzene rings is 1. The number of halogens is 1. The zero-order chi connectivity index (χ0) is 11.7. The molecule has 4 heteroatoms. The maximum Gasteiger partial charge on any atom is 0.177 e. The van der Waals surface area contributed by atoms with Gasteiger partial charge in [-0.15, -0.1) is 0 Å². The first-order valence-electron chi connectivity index (χ1n) is 5.06. The van der Waals surface area contributed by atoms with Gasteiger partial charge in [0.1, 0.15) is 0 Å². The fourth-order valence-corrected chi connectivity index (χ4v) is 2.60. The summed E-state index contributed by atoms with van der Waals surface area (Å²) in [5.41, 5.74) is 1.83. The Bertz CT molecular complexity index is 545. The van der Waals surface area contributed by atoms with Gasteiger partial charge >= 0.3 is 0 Å². The van der Waals surface area contributed by atoms with Gasteiger partial charge in [0.15, 0.2) is 5.78 Å². The van der Waals surface area contributed by atoms with E-state index in [1.54, 1.807) is 7.05 Å². The van der Waals surface area contributed by atoms with Crippen LogP contribution in [0, 0.1) is 0 Å². The number of aromatic nitrogens is 1. The van der Waals surface area contributed by atoms with Crippen LogP contribution in [0.1, 0.15) is 10.4 Å². The molecule has 0 atom stereocenters. The average molecular weight is 281 g/mol. The van der Waals surface area contributed by atoms with Gasteiger partial charge in [-0.2, -0.15) is 0 Å². The Morgan fingerprint density at radius 2 is 2.25 bits per heavy atom. The summed E-state index contributed by atoms with van der Waals surface area (Å²) in [6, 6.07) is 5.79. The van der Waals surface area contributed by atoms with Crippen LogP contribution in [-0.2, 0) is 7.05 Å². The van der Waals surface area contributed by atoms with Crippen molar-refractivity contribution in [3.8, 4) is 0 Å². The molecule has 0 amide bonds. The Labute approximate surface area is 103 Å². The second kappa shape index (κ2) is 4.39. The van der Waals surface area contributed by atoms with Crippen molar-refractivity contribution < 1.29 is 4.79 Å². The number of fused-ring (bicyclic) bond motifs is 1. The summed E-state index contributed by atoms with van der Waals surface area (Å²) in [6.45, 7) is 0.362. The molecule has 0 bridgehead atoms. The molecule has 3 nitrogen and oxygen atoms in total. The first-order valence-corrected chi connectivity index (χ1v) is 5.85. The number of ketones is 1. The van der Waals surface area contributed by atoms with Crippen molar-refractivity contribution in [1.82, 2.24) is 9.88 Å². The molecule has 0 aliphatic carbocycles. The van der Waals surface area contributed by atoms with E-state index in [1.807, 2.05) is 36.0 Å². The molecule has 1 N–H and O–H groups in total. The molecule has 2 aromatic rings. The van der Waals surface area contributed by atoms with Crippen LogP contribution in [0.25, 0.3) is 10.9 Å². The molecule has 16 heavy (non-hydrogen) atoms. The van der Waals surface area contributed by atoms with Gasteiger partial charge in [-0.25, -0.2) is 0 Å². The van der Waals surface area contributed by atoms with Gasteiger partial charge in [-0.3, -0.25) is 4.79 Å². The standard InChI is InChI=1S/C12H13BrN2O/c1-14-6-11(16)8-4-3-5-10-12(8)9(13)7-15(10)2/h3-5,7,14H,6H2,1-2H3. The van der Waals surface area contributed by atoms with E-state index in [0.717, 1.165) is 20.9 Å². The lowest BCUT2D eigenvalue weighted by Crippen LogP contribution is -2.18. The highest BCUT2D eigenvalue weighted by Crippen LogP contribution is 2.28. The number of nitrogens with one attached hydrogen (secondary N) is 1. The number of Topliss-reactive ketones (excluding diaryl/α,β-unsaturated/α-hetero) is 1. The Morgan fingerprint density at radius 1 is 1.50 bits per heavy atom. The molecule has 84 valence electrons. The molecule has 0 aliphatic rings. The van der Waals surface area contributed by atoms with Crippen LogP contribution in [0.4, 0.5) is 0 Å². The predicted octanol–water partition coefficient (Wildman–Crippen LogP) is 2.34. The minimum atomic E-state index is 0.111. The molecular formula is C12H13BrN2O. The molecule has 0 radical (unpaired) electrons. The molecule has 0 saturated heterocycles. The minimum Gasteiger partial charge on any atom is -0.349 e.